The third kappa shape index (κ3) is 3.12. The van der Waals surface area contributed by atoms with E-state index in [1.807, 2.05) is 0 Å². The molecule has 0 atom stereocenters. The molecule has 0 bridgehead atoms. The molecular weight excluding hydrogens is 234 g/mol. The Labute approximate surface area is 105 Å². The highest BCUT2D eigenvalue weighted by Gasteiger charge is 2.19. The Morgan fingerprint density at radius 1 is 1.11 bits per heavy atom. The molecular formula is C13H17NO4. The van der Waals surface area contributed by atoms with E-state index in [4.69, 9.17) is 9.52 Å². The van der Waals surface area contributed by atoms with Crippen LogP contribution in [0.1, 0.15) is 59.6 Å². The first-order valence-corrected chi connectivity index (χ1v) is 6.31. The van der Waals surface area contributed by atoms with Crippen molar-refractivity contribution in [2.75, 3.05) is 0 Å². The third-order valence-corrected chi connectivity index (χ3v) is 3.23. The summed E-state index contributed by atoms with van der Waals surface area (Å²) in [6.07, 6.45) is 6.66. The SMILES string of the molecule is O=C(O)c1ccc(C(=O)NC2CCCCCC2)o1. The second kappa shape index (κ2) is 5.71. The van der Waals surface area contributed by atoms with Gasteiger partial charge in [0.05, 0.1) is 0 Å². The summed E-state index contributed by atoms with van der Waals surface area (Å²) < 4.78 is 4.97. The molecule has 1 heterocycles. The van der Waals surface area contributed by atoms with Gasteiger partial charge in [-0.25, -0.2) is 4.79 Å². The molecule has 5 nitrogen and oxygen atoms in total. The predicted octanol–water partition coefficient (Wildman–Crippen LogP) is 2.43. The quantitative estimate of drug-likeness (QED) is 0.808. The van der Waals surface area contributed by atoms with Gasteiger partial charge in [0.1, 0.15) is 0 Å². The first kappa shape index (κ1) is 12.7. The van der Waals surface area contributed by atoms with Crippen LogP contribution in [0.25, 0.3) is 0 Å². The largest absolute Gasteiger partial charge is 0.475 e. The van der Waals surface area contributed by atoms with Gasteiger partial charge < -0.3 is 14.8 Å². The lowest BCUT2D eigenvalue weighted by Crippen LogP contribution is -2.34. The lowest BCUT2D eigenvalue weighted by Gasteiger charge is -2.14. The second-order valence-corrected chi connectivity index (χ2v) is 4.63. The van der Waals surface area contributed by atoms with Gasteiger partial charge in [-0.1, -0.05) is 25.7 Å². The van der Waals surface area contributed by atoms with Crippen LogP contribution in [0, 0.1) is 0 Å². The van der Waals surface area contributed by atoms with Gasteiger partial charge in [0.25, 0.3) is 5.91 Å². The van der Waals surface area contributed by atoms with Crippen LogP contribution in [0.3, 0.4) is 0 Å². The van der Waals surface area contributed by atoms with Gasteiger partial charge in [0.2, 0.25) is 5.76 Å². The fourth-order valence-electron chi connectivity index (χ4n) is 2.26. The van der Waals surface area contributed by atoms with E-state index in [0.717, 1.165) is 25.7 Å². The van der Waals surface area contributed by atoms with E-state index in [0.29, 0.717) is 0 Å². The van der Waals surface area contributed by atoms with Crippen molar-refractivity contribution >= 4 is 11.9 Å². The molecule has 0 radical (unpaired) electrons. The zero-order chi connectivity index (χ0) is 13.0. The average Bonchev–Trinajstić information content (AvgIpc) is 2.70. The fraction of sp³-hybridized carbons (Fsp3) is 0.538. The second-order valence-electron chi connectivity index (χ2n) is 4.63. The molecule has 2 N–H and O–H groups in total. The number of amides is 1. The molecule has 1 amide bonds. The number of carbonyl (C=O) groups excluding carboxylic acids is 1. The number of furan rings is 1. The van der Waals surface area contributed by atoms with Crippen molar-refractivity contribution < 1.29 is 19.1 Å². The summed E-state index contributed by atoms with van der Waals surface area (Å²) in [6.45, 7) is 0. The van der Waals surface area contributed by atoms with Gasteiger partial charge in [-0.15, -0.1) is 0 Å². The van der Waals surface area contributed by atoms with Crippen molar-refractivity contribution in [1.82, 2.24) is 5.32 Å². The smallest absolute Gasteiger partial charge is 0.371 e. The van der Waals surface area contributed by atoms with E-state index in [9.17, 15) is 9.59 Å². The predicted molar refractivity (Wildman–Crippen MR) is 64.6 cm³/mol. The van der Waals surface area contributed by atoms with Crippen molar-refractivity contribution in [1.29, 1.82) is 0 Å². The van der Waals surface area contributed by atoms with Gasteiger partial charge in [0.15, 0.2) is 5.76 Å². The number of carboxylic acids is 1. The molecule has 0 unspecified atom stereocenters. The molecule has 1 saturated carbocycles. The van der Waals surface area contributed by atoms with Crippen LogP contribution in [0.4, 0.5) is 0 Å². The van der Waals surface area contributed by atoms with Gasteiger partial charge in [0, 0.05) is 6.04 Å². The third-order valence-electron chi connectivity index (χ3n) is 3.23. The maximum Gasteiger partial charge on any atom is 0.371 e. The Morgan fingerprint density at radius 3 is 2.28 bits per heavy atom. The van der Waals surface area contributed by atoms with E-state index < -0.39 is 5.97 Å². The number of hydrogen-bond acceptors (Lipinski definition) is 3. The van der Waals surface area contributed by atoms with Crippen LogP contribution >= 0.6 is 0 Å². The van der Waals surface area contributed by atoms with E-state index in [2.05, 4.69) is 5.32 Å². The van der Waals surface area contributed by atoms with Crippen molar-refractivity contribution in [2.45, 2.75) is 44.6 Å². The minimum Gasteiger partial charge on any atom is -0.475 e. The van der Waals surface area contributed by atoms with Crippen LogP contribution in [-0.4, -0.2) is 23.0 Å². The molecule has 1 aromatic rings. The highest BCUT2D eigenvalue weighted by molar-refractivity contribution is 5.93. The molecule has 1 aliphatic carbocycles. The van der Waals surface area contributed by atoms with Crippen LogP contribution in [0.15, 0.2) is 16.5 Å². The zero-order valence-electron chi connectivity index (χ0n) is 10.1. The standard InChI is InChI=1S/C13H17NO4/c15-12(10-7-8-11(18-10)13(16)17)14-9-5-3-1-2-4-6-9/h7-9H,1-6H2,(H,14,15)(H,16,17). The summed E-state index contributed by atoms with van der Waals surface area (Å²) in [5.41, 5.74) is 0. The van der Waals surface area contributed by atoms with E-state index in [1.54, 1.807) is 0 Å². The molecule has 0 spiro atoms. The molecule has 1 fully saturated rings. The average molecular weight is 251 g/mol. The first-order chi connectivity index (χ1) is 8.66. The summed E-state index contributed by atoms with van der Waals surface area (Å²) in [5, 5.41) is 11.6. The van der Waals surface area contributed by atoms with E-state index >= 15 is 0 Å². The summed E-state index contributed by atoms with van der Waals surface area (Å²) in [4.78, 5) is 22.5. The normalized spacial score (nSPS) is 17.1. The molecule has 98 valence electrons. The molecule has 2 rings (SSSR count). The van der Waals surface area contributed by atoms with Gasteiger partial charge in [-0.05, 0) is 25.0 Å². The van der Waals surface area contributed by atoms with Crippen molar-refractivity contribution in [3.05, 3.63) is 23.7 Å². The number of aromatic carboxylic acids is 1. The number of carboxylic acid groups (broad SMARTS) is 1. The van der Waals surface area contributed by atoms with Crippen LogP contribution < -0.4 is 5.32 Å². The highest BCUT2D eigenvalue weighted by atomic mass is 16.4. The minimum atomic E-state index is -1.16. The molecule has 0 saturated heterocycles. The Kier molecular flexibility index (Phi) is 4.02. The fourth-order valence-corrected chi connectivity index (χ4v) is 2.26. The van der Waals surface area contributed by atoms with E-state index in [-0.39, 0.29) is 23.5 Å². The van der Waals surface area contributed by atoms with Gasteiger partial charge in [-0.3, -0.25) is 4.79 Å². The Bertz CT molecular complexity index is 430. The molecule has 0 aliphatic heterocycles. The van der Waals surface area contributed by atoms with Gasteiger partial charge in [-0.2, -0.15) is 0 Å². The lowest BCUT2D eigenvalue weighted by molar-refractivity contribution is 0.0659. The first-order valence-electron chi connectivity index (χ1n) is 6.31. The molecule has 5 heteroatoms. The Hall–Kier alpha value is -1.78. The van der Waals surface area contributed by atoms with Crippen LogP contribution in [-0.2, 0) is 0 Å². The lowest BCUT2D eigenvalue weighted by atomic mass is 10.1. The highest BCUT2D eigenvalue weighted by Crippen LogP contribution is 2.18. The van der Waals surface area contributed by atoms with E-state index in [1.165, 1.54) is 25.0 Å². The summed E-state index contributed by atoms with van der Waals surface area (Å²) in [6, 6.07) is 2.87. The summed E-state index contributed by atoms with van der Waals surface area (Å²) in [7, 11) is 0. The zero-order valence-corrected chi connectivity index (χ0v) is 10.1. The Balaban J connectivity index is 1.95. The van der Waals surface area contributed by atoms with Crippen molar-refractivity contribution in [3.63, 3.8) is 0 Å². The summed E-state index contributed by atoms with van der Waals surface area (Å²) >= 11 is 0. The molecule has 1 aliphatic rings. The monoisotopic (exact) mass is 251 g/mol. The summed E-state index contributed by atoms with van der Waals surface area (Å²) in [5.74, 6) is -1.63. The van der Waals surface area contributed by atoms with Crippen LogP contribution in [0.5, 0.6) is 0 Å². The van der Waals surface area contributed by atoms with Crippen LogP contribution in [0.2, 0.25) is 0 Å². The molecule has 18 heavy (non-hydrogen) atoms. The number of carbonyl (C=O) groups is 2. The minimum absolute atomic E-state index is 0.0663. The van der Waals surface area contributed by atoms with Crippen molar-refractivity contribution in [2.24, 2.45) is 0 Å². The molecule has 0 aromatic carbocycles. The topological polar surface area (TPSA) is 79.5 Å². The van der Waals surface area contributed by atoms with Gasteiger partial charge >= 0.3 is 5.97 Å². The number of nitrogens with one attached hydrogen (secondary N) is 1. The maximum absolute atomic E-state index is 11.9. The Morgan fingerprint density at radius 2 is 1.72 bits per heavy atom. The molecule has 1 aromatic heterocycles. The number of rotatable bonds is 3. The number of hydrogen-bond donors (Lipinski definition) is 2. The van der Waals surface area contributed by atoms with Crippen molar-refractivity contribution in [3.8, 4) is 0 Å². The maximum atomic E-state index is 11.9.